The Morgan fingerprint density at radius 1 is 1.32 bits per heavy atom. The van der Waals surface area contributed by atoms with Crippen LogP contribution in [0.25, 0.3) is 0 Å². The molecule has 1 amide bonds. The molecule has 8 heteroatoms. The monoisotopic (exact) mass is 345 g/mol. The number of phenolic OH excluding ortho intramolecular Hbond substituents is 1. The van der Waals surface area contributed by atoms with Crippen LogP contribution in [-0.2, 0) is 17.6 Å². The van der Waals surface area contributed by atoms with E-state index in [0.29, 0.717) is 37.4 Å². The number of aromatic nitrogens is 4. The Morgan fingerprint density at radius 3 is 2.76 bits per heavy atom. The number of carbonyl (C=O) groups is 1. The molecule has 0 spiro atoms. The van der Waals surface area contributed by atoms with Crippen molar-refractivity contribution in [3.8, 4) is 11.5 Å². The van der Waals surface area contributed by atoms with E-state index in [4.69, 9.17) is 4.74 Å². The number of tetrazole rings is 1. The van der Waals surface area contributed by atoms with Crippen LogP contribution in [0.1, 0.15) is 41.4 Å². The number of nitrogens with zero attached hydrogens (tertiary/aromatic N) is 3. The van der Waals surface area contributed by atoms with Gasteiger partial charge in [-0.2, -0.15) is 5.21 Å². The topological polar surface area (TPSA) is 113 Å². The Hall–Kier alpha value is -2.64. The van der Waals surface area contributed by atoms with Crippen molar-refractivity contribution in [2.24, 2.45) is 0 Å². The number of aromatic hydroxyl groups is 1. The minimum Gasteiger partial charge on any atom is -0.507 e. The lowest BCUT2D eigenvalue weighted by Gasteiger charge is -2.36. The smallest absolute Gasteiger partial charge is 0.263 e. The quantitative estimate of drug-likeness (QED) is 0.769. The summed E-state index contributed by atoms with van der Waals surface area (Å²) in [5, 5.41) is 26.7. The van der Waals surface area contributed by atoms with Crippen molar-refractivity contribution < 1.29 is 14.6 Å². The van der Waals surface area contributed by atoms with Crippen molar-refractivity contribution >= 4 is 5.91 Å². The molecule has 3 N–H and O–H groups in total. The summed E-state index contributed by atoms with van der Waals surface area (Å²) < 4.78 is 6.14. The number of hydrogen-bond donors (Lipinski definition) is 3. The van der Waals surface area contributed by atoms with E-state index in [1.165, 1.54) is 0 Å². The minimum absolute atomic E-state index is 0.163. The molecule has 0 aliphatic carbocycles. The predicted octanol–water partition coefficient (Wildman–Crippen LogP) is 1.27. The first-order valence-electron chi connectivity index (χ1n) is 8.34. The molecule has 1 atom stereocenters. The number of carbonyl (C=O) groups excluding carboxylic acids is 1. The van der Waals surface area contributed by atoms with E-state index in [1.807, 2.05) is 20.8 Å². The van der Waals surface area contributed by atoms with Gasteiger partial charge in [-0.25, -0.2) is 0 Å². The van der Waals surface area contributed by atoms with E-state index in [9.17, 15) is 9.90 Å². The van der Waals surface area contributed by atoms with Crippen LogP contribution in [0.4, 0.5) is 0 Å². The number of fused-ring (bicyclic) bond motifs is 1. The molecular formula is C17H23N5O3. The fraction of sp³-hybridized carbons (Fsp3) is 0.529. The zero-order valence-electron chi connectivity index (χ0n) is 14.9. The third kappa shape index (κ3) is 3.04. The van der Waals surface area contributed by atoms with Gasteiger partial charge < -0.3 is 15.2 Å². The number of ether oxygens (including phenoxy) is 1. The molecule has 1 aromatic carbocycles. The van der Waals surface area contributed by atoms with Crippen LogP contribution in [0.5, 0.6) is 11.5 Å². The lowest BCUT2D eigenvalue weighted by Crippen LogP contribution is -2.51. The summed E-state index contributed by atoms with van der Waals surface area (Å²) in [5.41, 5.74) is 2.54. The van der Waals surface area contributed by atoms with Gasteiger partial charge in [0, 0.05) is 24.9 Å². The summed E-state index contributed by atoms with van der Waals surface area (Å²) >= 11 is 0. The van der Waals surface area contributed by atoms with Crippen LogP contribution in [0.2, 0.25) is 0 Å². The van der Waals surface area contributed by atoms with Crippen LogP contribution in [0, 0.1) is 20.8 Å². The molecule has 2 aromatic rings. The fourth-order valence-electron chi connectivity index (χ4n) is 3.17. The van der Waals surface area contributed by atoms with Crippen LogP contribution in [-0.4, -0.2) is 43.8 Å². The van der Waals surface area contributed by atoms with Crippen LogP contribution in [0.15, 0.2) is 0 Å². The second-order valence-corrected chi connectivity index (χ2v) is 6.70. The van der Waals surface area contributed by atoms with Crippen molar-refractivity contribution in [3.05, 3.63) is 28.1 Å². The van der Waals surface area contributed by atoms with Gasteiger partial charge in [-0.05, 0) is 50.8 Å². The summed E-state index contributed by atoms with van der Waals surface area (Å²) in [7, 11) is 0. The first kappa shape index (κ1) is 17.2. The summed E-state index contributed by atoms with van der Waals surface area (Å²) in [4.78, 5) is 12.7. The zero-order valence-corrected chi connectivity index (χ0v) is 14.9. The molecule has 134 valence electrons. The number of phenols is 1. The van der Waals surface area contributed by atoms with Crippen molar-refractivity contribution in [2.75, 3.05) is 6.54 Å². The number of aromatic amines is 1. The third-order valence-corrected chi connectivity index (χ3v) is 5.02. The molecule has 0 fully saturated rings. The molecule has 1 aromatic heterocycles. The van der Waals surface area contributed by atoms with Crippen molar-refractivity contribution in [1.82, 2.24) is 25.9 Å². The summed E-state index contributed by atoms with van der Waals surface area (Å²) in [6, 6.07) is 0. The largest absolute Gasteiger partial charge is 0.507 e. The normalized spacial score (nSPS) is 19.2. The molecular weight excluding hydrogens is 322 g/mol. The molecule has 25 heavy (non-hydrogen) atoms. The van der Waals surface area contributed by atoms with E-state index in [0.717, 1.165) is 28.0 Å². The molecule has 0 radical (unpaired) electrons. The number of amides is 1. The molecule has 0 saturated heterocycles. The number of H-pyrrole nitrogens is 1. The molecule has 0 bridgehead atoms. The van der Waals surface area contributed by atoms with Gasteiger partial charge in [0.1, 0.15) is 11.5 Å². The lowest BCUT2D eigenvalue weighted by atomic mass is 9.86. The Bertz CT molecular complexity index is 803. The fourth-order valence-corrected chi connectivity index (χ4v) is 3.17. The van der Waals surface area contributed by atoms with E-state index in [2.05, 4.69) is 25.9 Å². The second kappa shape index (κ2) is 6.34. The van der Waals surface area contributed by atoms with E-state index >= 15 is 0 Å². The SMILES string of the molecule is Cc1c(C)c2c(c(C)c1O)CC[C@@](C)(C(=O)NCCc1nn[nH]n1)O2. The van der Waals surface area contributed by atoms with Crippen molar-refractivity contribution in [1.29, 1.82) is 0 Å². The van der Waals surface area contributed by atoms with Gasteiger partial charge in [0.15, 0.2) is 11.4 Å². The Balaban J connectivity index is 1.75. The van der Waals surface area contributed by atoms with Crippen LogP contribution >= 0.6 is 0 Å². The number of benzene rings is 1. The molecule has 8 nitrogen and oxygen atoms in total. The third-order valence-electron chi connectivity index (χ3n) is 5.02. The highest BCUT2D eigenvalue weighted by atomic mass is 16.5. The number of nitrogens with one attached hydrogen (secondary N) is 2. The summed E-state index contributed by atoms with van der Waals surface area (Å²) in [6.07, 6.45) is 1.74. The summed E-state index contributed by atoms with van der Waals surface area (Å²) in [6.45, 7) is 7.87. The van der Waals surface area contributed by atoms with Gasteiger partial charge in [-0.3, -0.25) is 4.79 Å². The Labute approximate surface area is 146 Å². The van der Waals surface area contributed by atoms with Gasteiger partial charge in [0.2, 0.25) is 0 Å². The van der Waals surface area contributed by atoms with E-state index < -0.39 is 5.60 Å². The van der Waals surface area contributed by atoms with E-state index in [-0.39, 0.29) is 5.91 Å². The van der Waals surface area contributed by atoms with E-state index in [1.54, 1.807) is 6.92 Å². The highest BCUT2D eigenvalue weighted by molar-refractivity contribution is 5.85. The highest BCUT2D eigenvalue weighted by Crippen LogP contribution is 2.43. The maximum atomic E-state index is 12.7. The maximum absolute atomic E-state index is 12.7. The van der Waals surface area contributed by atoms with Crippen molar-refractivity contribution in [2.45, 2.75) is 52.6 Å². The Morgan fingerprint density at radius 2 is 2.08 bits per heavy atom. The van der Waals surface area contributed by atoms with Gasteiger partial charge in [0.05, 0.1) is 0 Å². The number of hydrogen-bond acceptors (Lipinski definition) is 6. The zero-order chi connectivity index (χ0) is 18.2. The predicted molar refractivity (Wildman–Crippen MR) is 90.6 cm³/mol. The maximum Gasteiger partial charge on any atom is 0.263 e. The molecule has 3 rings (SSSR count). The first-order chi connectivity index (χ1) is 11.8. The van der Waals surface area contributed by atoms with Crippen LogP contribution < -0.4 is 10.1 Å². The van der Waals surface area contributed by atoms with Gasteiger partial charge in [0.25, 0.3) is 5.91 Å². The second-order valence-electron chi connectivity index (χ2n) is 6.70. The first-order valence-corrected chi connectivity index (χ1v) is 8.34. The van der Waals surface area contributed by atoms with Gasteiger partial charge in [-0.15, -0.1) is 10.2 Å². The number of rotatable bonds is 4. The standard InChI is InChI=1S/C17H23N5O3/c1-9-10(2)15-12(11(3)14(9)23)5-7-17(4,25-15)16(24)18-8-6-13-19-21-22-20-13/h23H,5-8H2,1-4H3,(H,18,24)(H,19,20,21,22)/t17-/m0/s1. The average Bonchev–Trinajstić information content (AvgIpc) is 3.11. The average molecular weight is 345 g/mol. The van der Waals surface area contributed by atoms with Gasteiger partial charge in [-0.1, -0.05) is 5.21 Å². The molecule has 0 unspecified atom stereocenters. The summed E-state index contributed by atoms with van der Waals surface area (Å²) in [5.74, 6) is 1.42. The van der Waals surface area contributed by atoms with Crippen molar-refractivity contribution in [3.63, 3.8) is 0 Å². The minimum atomic E-state index is -0.940. The molecule has 0 saturated carbocycles. The lowest BCUT2D eigenvalue weighted by molar-refractivity contribution is -0.136. The highest BCUT2D eigenvalue weighted by Gasteiger charge is 2.40. The molecule has 1 aliphatic rings. The molecule has 2 heterocycles. The van der Waals surface area contributed by atoms with Crippen LogP contribution in [0.3, 0.4) is 0 Å². The Kier molecular flexibility index (Phi) is 4.36. The van der Waals surface area contributed by atoms with Gasteiger partial charge >= 0.3 is 0 Å². The molecule has 1 aliphatic heterocycles.